The quantitative estimate of drug-likeness (QED) is 0.724. The number of esters is 1. The lowest BCUT2D eigenvalue weighted by Gasteiger charge is -2.39. The van der Waals surface area contributed by atoms with E-state index < -0.39 is 0 Å². The van der Waals surface area contributed by atoms with Crippen LogP contribution in [0, 0.1) is 11.8 Å². The Kier molecular flexibility index (Phi) is 5.04. The second-order valence-corrected chi connectivity index (χ2v) is 5.98. The molecule has 0 aromatic rings. The molecule has 2 rings (SSSR count). The van der Waals surface area contributed by atoms with E-state index in [2.05, 4.69) is 11.8 Å². The van der Waals surface area contributed by atoms with Crippen LogP contribution in [0.2, 0.25) is 0 Å². The van der Waals surface area contributed by atoms with Crippen molar-refractivity contribution in [2.45, 2.75) is 58.4 Å². The molecule has 1 heterocycles. The van der Waals surface area contributed by atoms with Gasteiger partial charge in [-0.1, -0.05) is 6.92 Å². The maximum atomic E-state index is 11.7. The largest absolute Gasteiger partial charge is 0.466 e. The first-order valence-corrected chi connectivity index (χ1v) is 7.61. The summed E-state index contributed by atoms with van der Waals surface area (Å²) in [4.78, 5) is 14.3. The lowest BCUT2D eigenvalue weighted by molar-refractivity contribution is -0.149. The maximum absolute atomic E-state index is 11.7. The highest BCUT2D eigenvalue weighted by molar-refractivity contribution is 5.72. The van der Waals surface area contributed by atoms with Crippen LogP contribution in [0.4, 0.5) is 0 Å². The Hall–Kier alpha value is -0.570. The number of ether oxygens (including phenoxy) is 1. The molecule has 0 atom stereocenters. The third-order valence-electron chi connectivity index (χ3n) is 4.65. The molecule has 18 heavy (non-hydrogen) atoms. The Morgan fingerprint density at radius 3 is 2.28 bits per heavy atom. The van der Waals surface area contributed by atoms with Gasteiger partial charge >= 0.3 is 5.97 Å². The summed E-state index contributed by atoms with van der Waals surface area (Å²) in [7, 11) is 0. The van der Waals surface area contributed by atoms with E-state index >= 15 is 0 Å². The second-order valence-electron chi connectivity index (χ2n) is 5.98. The molecule has 1 saturated heterocycles. The summed E-state index contributed by atoms with van der Waals surface area (Å²) in [6.45, 7) is 7.28. The van der Waals surface area contributed by atoms with E-state index in [9.17, 15) is 4.79 Å². The normalized spacial score (nSPS) is 31.2. The van der Waals surface area contributed by atoms with Crippen molar-refractivity contribution >= 4 is 5.97 Å². The topological polar surface area (TPSA) is 29.5 Å². The molecule has 2 fully saturated rings. The first-order chi connectivity index (χ1) is 8.70. The van der Waals surface area contributed by atoms with E-state index in [1.54, 1.807) is 0 Å². The first kappa shape index (κ1) is 13.9. The van der Waals surface area contributed by atoms with Crippen LogP contribution in [0.25, 0.3) is 0 Å². The van der Waals surface area contributed by atoms with E-state index in [-0.39, 0.29) is 11.9 Å². The summed E-state index contributed by atoms with van der Waals surface area (Å²) in [5.74, 6) is 1.10. The van der Waals surface area contributed by atoms with Gasteiger partial charge in [-0.2, -0.15) is 0 Å². The fraction of sp³-hybridized carbons (Fsp3) is 0.933. The fourth-order valence-corrected chi connectivity index (χ4v) is 3.33. The third-order valence-corrected chi connectivity index (χ3v) is 4.65. The van der Waals surface area contributed by atoms with Crippen LogP contribution < -0.4 is 0 Å². The van der Waals surface area contributed by atoms with Gasteiger partial charge in [0.1, 0.15) is 0 Å². The minimum Gasteiger partial charge on any atom is -0.466 e. The molecule has 3 heteroatoms. The predicted molar refractivity (Wildman–Crippen MR) is 72.4 cm³/mol. The average Bonchev–Trinajstić information content (AvgIpc) is 2.40. The monoisotopic (exact) mass is 253 g/mol. The van der Waals surface area contributed by atoms with Crippen molar-refractivity contribution in [2.75, 3.05) is 19.7 Å². The van der Waals surface area contributed by atoms with Crippen molar-refractivity contribution < 1.29 is 9.53 Å². The Morgan fingerprint density at radius 1 is 1.11 bits per heavy atom. The van der Waals surface area contributed by atoms with Crippen LogP contribution in [-0.4, -0.2) is 36.6 Å². The minimum absolute atomic E-state index is 0.0308. The summed E-state index contributed by atoms with van der Waals surface area (Å²) in [6.07, 6.45) is 7.09. The van der Waals surface area contributed by atoms with Gasteiger partial charge in [-0.05, 0) is 64.5 Å². The summed E-state index contributed by atoms with van der Waals surface area (Å²) >= 11 is 0. The van der Waals surface area contributed by atoms with Crippen molar-refractivity contribution in [1.29, 1.82) is 0 Å². The van der Waals surface area contributed by atoms with Gasteiger partial charge in [0.2, 0.25) is 0 Å². The smallest absolute Gasteiger partial charge is 0.308 e. The standard InChI is InChI=1S/C15H27NO2/c1-3-18-15(17)13-4-6-14(7-5-13)16-10-8-12(2)9-11-16/h12-14H,3-11H2,1-2H3. The average molecular weight is 253 g/mol. The lowest BCUT2D eigenvalue weighted by Crippen LogP contribution is -2.43. The first-order valence-electron chi connectivity index (χ1n) is 7.61. The van der Waals surface area contributed by atoms with Gasteiger partial charge in [0.25, 0.3) is 0 Å². The summed E-state index contributed by atoms with van der Waals surface area (Å²) in [5, 5.41) is 0. The molecular weight excluding hydrogens is 226 g/mol. The number of likely N-dealkylation sites (tertiary alicyclic amines) is 1. The molecule has 1 aliphatic heterocycles. The highest BCUT2D eigenvalue weighted by Gasteiger charge is 2.31. The Balaban J connectivity index is 1.74. The van der Waals surface area contributed by atoms with Crippen LogP contribution in [0.5, 0.6) is 0 Å². The number of nitrogens with zero attached hydrogens (tertiary/aromatic N) is 1. The third kappa shape index (κ3) is 3.47. The molecule has 0 unspecified atom stereocenters. The number of carbonyl (C=O) groups is 1. The highest BCUT2D eigenvalue weighted by Crippen LogP contribution is 2.30. The van der Waals surface area contributed by atoms with E-state index in [1.807, 2.05) is 6.92 Å². The van der Waals surface area contributed by atoms with Crippen molar-refractivity contribution in [3.05, 3.63) is 0 Å². The van der Waals surface area contributed by atoms with Gasteiger partial charge in [0.15, 0.2) is 0 Å². The van der Waals surface area contributed by atoms with Crippen LogP contribution in [-0.2, 0) is 9.53 Å². The van der Waals surface area contributed by atoms with Crippen molar-refractivity contribution in [3.63, 3.8) is 0 Å². The fourth-order valence-electron chi connectivity index (χ4n) is 3.33. The number of rotatable bonds is 3. The van der Waals surface area contributed by atoms with Gasteiger partial charge in [-0.3, -0.25) is 4.79 Å². The van der Waals surface area contributed by atoms with Crippen molar-refractivity contribution in [1.82, 2.24) is 4.90 Å². The number of hydrogen-bond acceptors (Lipinski definition) is 3. The summed E-state index contributed by atoms with van der Waals surface area (Å²) in [5.41, 5.74) is 0. The molecule has 0 spiro atoms. The zero-order chi connectivity index (χ0) is 13.0. The molecule has 1 aliphatic carbocycles. The number of piperidine rings is 1. The molecule has 1 saturated carbocycles. The summed E-state index contributed by atoms with van der Waals surface area (Å²) in [6, 6.07) is 0.725. The molecule has 2 aliphatic rings. The molecule has 0 radical (unpaired) electrons. The zero-order valence-corrected chi connectivity index (χ0v) is 11.9. The van der Waals surface area contributed by atoms with Crippen LogP contribution >= 0.6 is 0 Å². The molecule has 3 nitrogen and oxygen atoms in total. The van der Waals surface area contributed by atoms with Gasteiger partial charge in [-0.25, -0.2) is 0 Å². The Morgan fingerprint density at radius 2 is 1.72 bits per heavy atom. The molecule has 104 valence electrons. The Labute approximate surface area is 111 Å². The van der Waals surface area contributed by atoms with Crippen molar-refractivity contribution in [3.8, 4) is 0 Å². The van der Waals surface area contributed by atoms with E-state index in [0.29, 0.717) is 6.61 Å². The van der Waals surface area contributed by atoms with E-state index in [1.165, 1.54) is 38.8 Å². The van der Waals surface area contributed by atoms with E-state index in [0.717, 1.165) is 24.8 Å². The summed E-state index contributed by atoms with van der Waals surface area (Å²) < 4.78 is 5.12. The molecule has 0 aromatic heterocycles. The van der Waals surface area contributed by atoms with Gasteiger partial charge < -0.3 is 9.64 Å². The van der Waals surface area contributed by atoms with Gasteiger partial charge in [0.05, 0.1) is 12.5 Å². The van der Waals surface area contributed by atoms with Gasteiger partial charge in [0, 0.05) is 6.04 Å². The SMILES string of the molecule is CCOC(=O)C1CCC(N2CCC(C)CC2)CC1. The predicted octanol–water partition coefficient (Wildman–Crippen LogP) is 2.84. The zero-order valence-electron chi connectivity index (χ0n) is 11.9. The molecular formula is C15H27NO2. The molecule has 0 bridgehead atoms. The van der Waals surface area contributed by atoms with Gasteiger partial charge in [-0.15, -0.1) is 0 Å². The minimum atomic E-state index is 0.0308. The molecule has 0 N–H and O–H groups in total. The van der Waals surface area contributed by atoms with Crippen LogP contribution in [0.1, 0.15) is 52.4 Å². The molecule has 0 aromatic carbocycles. The number of hydrogen-bond donors (Lipinski definition) is 0. The van der Waals surface area contributed by atoms with Crippen LogP contribution in [0.3, 0.4) is 0 Å². The highest BCUT2D eigenvalue weighted by atomic mass is 16.5. The second kappa shape index (κ2) is 6.55. The van der Waals surface area contributed by atoms with Crippen molar-refractivity contribution in [2.24, 2.45) is 11.8 Å². The molecule has 0 amide bonds. The Bertz CT molecular complexity index is 264. The van der Waals surface area contributed by atoms with E-state index in [4.69, 9.17) is 4.74 Å². The number of carbonyl (C=O) groups excluding carboxylic acids is 1. The van der Waals surface area contributed by atoms with Crippen LogP contribution in [0.15, 0.2) is 0 Å². The lowest BCUT2D eigenvalue weighted by atomic mass is 9.84. The maximum Gasteiger partial charge on any atom is 0.308 e.